The lowest BCUT2D eigenvalue weighted by Gasteiger charge is -2.16. The zero-order chi connectivity index (χ0) is 10.5. The standard InChI is InChI=1S/C12H16NOP/c1-9-2-7-12(13-8-9)15(14,10-3-4-10)11-5-6-11/h2,7-8,10-11H,3-6H2,1H3. The van der Waals surface area contributed by atoms with Crippen LogP contribution in [0.15, 0.2) is 18.3 Å². The predicted octanol–water partition coefficient (Wildman–Crippen LogP) is 2.70. The highest BCUT2D eigenvalue weighted by Gasteiger charge is 2.52. The zero-order valence-electron chi connectivity index (χ0n) is 9.02. The maximum absolute atomic E-state index is 13.0. The van der Waals surface area contributed by atoms with Gasteiger partial charge in [0.05, 0.1) is 0 Å². The van der Waals surface area contributed by atoms with Crippen LogP contribution in [0.2, 0.25) is 0 Å². The number of nitrogens with zero attached hydrogens (tertiary/aromatic N) is 1. The molecule has 15 heavy (non-hydrogen) atoms. The monoisotopic (exact) mass is 221 g/mol. The maximum Gasteiger partial charge on any atom is 0.138 e. The average molecular weight is 221 g/mol. The molecule has 1 aromatic rings. The molecule has 3 heteroatoms. The lowest BCUT2D eigenvalue weighted by molar-refractivity contribution is 0.578. The summed E-state index contributed by atoms with van der Waals surface area (Å²) in [6.45, 7) is 2.02. The van der Waals surface area contributed by atoms with Gasteiger partial charge in [0.2, 0.25) is 0 Å². The number of rotatable bonds is 3. The molecule has 0 amide bonds. The first-order valence-corrected chi connectivity index (χ1v) is 7.58. The van der Waals surface area contributed by atoms with E-state index in [1.165, 1.54) is 0 Å². The molecule has 0 radical (unpaired) electrons. The van der Waals surface area contributed by atoms with Crippen molar-refractivity contribution in [3.8, 4) is 0 Å². The first-order chi connectivity index (χ1) is 7.21. The Balaban J connectivity index is 2.01. The summed E-state index contributed by atoms with van der Waals surface area (Å²) in [5.41, 5.74) is 3.00. The molecule has 80 valence electrons. The highest BCUT2D eigenvalue weighted by Crippen LogP contribution is 2.69. The summed E-state index contributed by atoms with van der Waals surface area (Å²) in [5.74, 6) is 0. The van der Waals surface area contributed by atoms with Crippen molar-refractivity contribution >= 4 is 12.6 Å². The molecule has 2 saturated carbocycles. The van der Waals surface area contributed by atoms with Crippen molar-refractivity contribution in [2.24, 2.45) is 0 Å². The Hall–Kier alpha value is -0.620. The molecule has 3 rings (SSSR count). The molecule has 0 aromatic carbocycles. The van der Waals surface area contributed by atoms with Gasteiger partial charge in [-0.25, -0.2) is 0 Å². The Bertz CT molecular complexity index is 402. The van der Waals surface area contributed by atoms with Crippen molar-refractivity contribution in [2.75, 3.05) is 0 Å². The van der Waals surface area contributed by atoms with Crippen LogP contribution in [0.3, 0.4) is 0 Å². The van der Waals surface area contributed by atoms with Gasteiger partial charge in [-0.1, -0.05) is 6.07 Å². The summed E-state index contributed by atoms with van der Waals surface area (Å²) >= 11 is 0. The molecule has 0 atom stereocenters. The Labute approximate surface area is 90.5 Å². The molecule has 0 saturated heterocycles. The van der Waals surface area contributed by atoms with Gasteiger partial charge in [-0.05, 0) is 44.2 Å². The quantitative estimate of drug-likeness (QED) is 0.734. The van der Waals surface area contributed by atoms with E-state index in [0.29, 0.717) is 11.3 Å². The zero-order valence-corrected chi connectivity index (χ0v) is 9.91. The molecule has 0 N–H and O–H groups in total. The fourth-order valence-corrected chi connectivity index (χ4v) is 5.98. The minimum atomic E-state index is -2.12. The third-order valence-corrected chi connectivity index (χ3v) is 7.62. The number of hydrogen-bond donors (Lipinski definition) is 0. The van der Waals surface area contributed by atoms with Crippen molar-refractivity contribution in [3.63, 3.8) is 0 Å². The summed E-state index contributed by atoms with van der Waals surface area (Å²) in [6.07, 6.45) is 6.48. The second-order valence-corrected chi connectivity index (χ2v) is 8.20. The molecular formula is C12H16NOP. The SMILES string of the molecule is Cc1ccc(P(=O)(C2CC2)C2CC2)nc1. The largest absolute Gasteiger partial charge is 0.316 e. The summed E-state index contributed by atoms with van der Waals surface area (Å²) in [5, 5.41) is 0. The van der Waals surface area contributed by atoms with Crippen molar-refractivity contribution in [2.45, 2.75) is 43.9 Å². The number of hydrogen-bond acceptors (Lipinski definition) is 2. The smallest absolute Gasteiger partial charge is 0.138 e. The van der Waals surface area contributed by atoms with Gasteiger partial charge in [0.15, 0.2) is 0 Å². The highest BCUT2D eigenvalue weighted by atomic mass is 31.2. The Morgan fingerprint density at radius 2 is 1.80 bits per heavy atom. The van der Waals surface area contributed by atoms with E-state index in [1.54, 1.807) is 0 Å². The van der Waals surface area contributed by atoms with Crippen LogP contribution < -0.4 is 5.44 Å². The number of pyridine rings is 1. The highest BCUT2D eigenvalue weighted by molar-refractivity contribution is 7.73. The third kappa shape index (κ3) is 1.56. The summed E-state index contributed by atoms with van der Waals surface area (Å²) < 4.78 is 13.0. The molecular weight excluding hydrogens is 205 g/mol. The minimum absolute atomic E-state index is 0.472. The topological polar surface area (TPSA) is 30.0 Å². The van der Waals surface area contributed by atoms with Crippen molar-refractivity contribution < 1.29 is 4.57 Å². The van der Waals surface area contributed by atoms with Gasteiger partial charge in [0.1, 0.15) is 12.6 Å². The second-order valence-electron chi connectivity index (χ2n) is 4.87. The Morgan fingerprint density at radius 1 is 1.20 bits per heavy atom. The molecule has 0 bridgehead atoms. The molecule has 0 unspecified atom stereocenters. The van der Waals surface area contributed by atoms with Crippen LogP contribution in [0.25, 0.3) is 0 Å². The van der Waals surface area contributed by atoms with Gasteiger partial charge >= 0.3 is 0 Å². The fraction of sp³-hybridized carbons (Fsp3) is 0.583. The van der Waals surface area contributed by atoms with E-state index in [1.807, 2.05) is 25.3 Å². The van der Waals surface area contributed by atoms with E-state index < -0.39 is 7.14 Å². The fourth-order valence-electron chi connectivity index (χ4n) is 2.26. The molecule has 2 aliphatic rings. The van der Waals surface area contributed by atoms with Gasteiger partial charge in [-0.15, -0.1) is 0 Å². The van der Waals surface area contributed by atoms with Gasteiger partial charge in [-0.3, -0.25) is 4.98 Å². The van der Waals surface area contributed by atoms with Crippen molar-refractivity contribution in [1.82, 2.24) is 4.98 Å². The van der Waals surface area contributed by atoms with Crippen LogP contribution in [0.5, 0.6) is 0 Å². The van der Waals surface area contributed by atoms with Gasteiger partial charge < -0.3 is 4.57 Å². The van der Waals surface area contributed by atoms with E-state index in [0.717, 1.165) is 36.7 Å². The molecule has 2 aliphatic carbocycles. The van der Waals surface area contributed by atoms with Crippen LogP contribution in [0.1, 0.15) is 31.2 Å². The van der Waals surface area contributed by atoms with Crippen molar-refractivity contribution in [1.29, 1.82) is 0 Å². The molecule has 2 fully saturated rings. The average Bonchev–Trinajstić information content (AvgIpc) is 3.07. The van der Waals surface area contributed by atoms with Crippen LogP contribution in [-0.2, 0) is 4.57 Å². The molecule has 0 aliphatic heterocycles. The molecule has 0 spiro atoms. The first kappa shape index (κ1) is 9.59. The van der Waals surface area contributed by atoms with Crippen LogP contribution in [-0.4, -0.2) is 16.3 Å². The van der Waals surface area contributed by atoms with E-state index in [-0.39, 0.29) is 0 Å². The van der Waals surface area contributed by atoms with Crippen LogP contribution >= 0.6 is 7.14 Å². The van der Waals surface area contributed by atoms with Crippen LogP contribution in [0.4, 0.5) is 0 Å². The van der Waals surface area contributed by atoms with Gasteiger partial charge in [0, 0.05) is 17.5 Å². The van der Waals surface area contributed by atoms with Crippen LogP contribution in [0, 0.1) is 6.92 Å². The van der Waals surface area contributed by atoms with E-state index >= 15 is 0 Å². The number of aryl methyl sites for hydroxylation is 1. The molecule has 1 aromatic heterocycles. The van der Waals surface area contributed by atoms with E-state index in [4.69, 9.17) is 0 Å². The number of aromatic nitrogens is 1. The van der Waals surface area contributed by atoms with E-state index in [2.05, 4.69) is 4.98 Å². The Morgan fingerprint density at radius 3 is 2.20 bits per heavy atom. The lowest BCUT2D eigenvalue weighted by Crippen LogP contribution is -2.15. The van der Waals surface area contributed by atoms with Gasteiger partial charge in [0.25, 0.3) is 0 Å². The molecule has 2 nitrogen and oxygen atoms in total. The summed E-state index contributed by atoms with van der Waals surface area (Å²) in [6, 6.07) is 4.03. The normalized spacial score (nSPS) is 21.7. The predicted molar refractivity (Wildman–Crippen MR) is 62.3 cm³/mol. The minimum Gasteiger partial charge on any atom is -0.316 e. The van der Waals surface area contributed by atoms with Gasteiger partial charge in [-0.2, -0.15) is 0 Å². The maximum atomic E-state index is 13.0. The third-order valence-electron chi connectivity index (χ3n) is 3.43. The second kappa shape index (κ2) is 3.18. The first-order valence-electron chi connectivity index (χ1n) is 5.74. The van der Waals surface area contributed by atoms with Crippen molar-refractivity contribution in [3.05, 3.63) is 23.9 Å². The molecule has 1 heterocycles. The lowest BCUT2D eigenvalue weighted by atomic mass is 10.3. The Kier molecular flexibility index (Phi) is 2.04. The van der Waals surface area contributed by atoms with E-state index in [9.17, 15) is 4.57 Å². The summed E-state index contributed by atoms with van der Waals surface area (Å²) in [4.78, 5) is 4.41. The summed E-state index contributed by atoms with van der Waals surface area (Å²) in [7, 11) is -2.12.